The molecule has 0 unspecified atom stereocenters. The third-order valence-corrected chi connectivity index (χ3v) is 1.65. The van der Waals surface area contributed by atoms with E-state index in [0.29, 0.717) is 0 Å². The summed E-state index contributed by atoms with van der Waals surface area (Å²) in [5.74, 6) is -0.287. The van der Waals surface area contributed by atoms with E-state index in [2.05, 4.69) is 4.74 Å². The number of aliphatic hydroxyl groups excluding tert-OH is 2. The molecule has 0 aliphatic heterocycles. The van der Waals surface area contributed by atoms with Crippen LogP contribution in [0.2, 0.25) is 0 Å². The van der Waals surface area contributed by atoms with Crippen LogP contribution in [0.1, 0.15) is 6.92 Å². The highest BCUT2D eigenvalue weighted by molar-refractivity contribution is 5.85. The zero-order chi connectivity index (χ0) is 8.91. The Balaban J connectivity index is 4.12. The smallest absolute Gasteiger partial charge is 0.168 e. The van der Waals surface area contributed by atoms with Crippen LogP contribution in [0, 0.1) is 5.41 Å². The number of carbonyl (C=O) groups excluding carboxylic acids is 1. The van der Waals surface area contributed by atoms with E-state index in [1.807, 2.05) is 0 Å². The molecule has 11 heavy (non-hydrogen) atoms. The van der Waals surface area contributed by atoms with E-state index in [1.54, 1.807) is 0 Å². The quantitative estimate of drug-likeness (QED) is 0.555. The topological polar surface area (TPSA) is 66.8 Å². The molecule has 4 nitrogen and oxygen atoms in total. The summed E-state index contributed by atoms with van der Waals surface area (Å²) < 4.78 is 4.58. The molecule has 0 aliphatic carbocycles. The molecule has 0 fully saturated rings. The van der Waals surface area contributed by atoms with Gasteiger partial charge >= 0.3 is 0 Å². The molecule has 0 bridgehead atoms. The molecule has 0 aliphatic rings. The number of hydrogen-bond acceptors (Lipinski definition) is 4. The van der Waals surface area contributed by atoms with Crippen LogP contribution in [0.15, 0.2) is 0 Å². The van der Waals surface area contributed by atoms with E-state index in [1.165, 1.54) is 14.0 Å². The predicted octanol–water partition coefficient (Wildman–Crippen LogP) is -0.807. The van der Waals surface area contributed by atoms with Crippen LogP contribution < -0.4 is 0 Å². The maximum Gasteiger partial charge on any atom is 0.168 e. The largest absolute Gasteiger partial charge is 0.395 e. The minimum atomic E-state index is -1.06. The number of aliphatic hydroxyl groups is 2. The lowest BCUT2D eigenvalue weighted by Crippen LogP contribution is -2.37. The molecule has 4 heteroatoms. The summed E-state index contributed by atoms with van der Waals surface area (Å²) >= 11 is 0. The Labute approximate surface area is 65.8 Å². The van der Waals surface area contributed by atoms with E-state index in [0.717, 1.165) is 0 Å². The van der Waals surface area contributed by atoms with Gasteiger partial charge in [-0.2, -0.15) is 0 Å². The first-order valence-corrected chi connectivity index (χ1v) is 3.34. The van der Waals surface area contributed by atoms with Gasteiger partial charge in [-0.1, -0.05) is 0 Å². The van der Waals surface area contributed by atoms with Gasteiger partial charge in [0.25, 0.3) is 0 Å². The molecule has 0 radical (unpaired) electrons. The summed E-state index contributed by atoms with van der Waals surface area (Å²) in [5.41, 5.74) is -1.06. The lowest BCUT2D eigenvalue weighted by molar-refractivity contribution is -0.136. The maximum absolute atomic E-state index is 11.1. The Bertz CT molecular complexity index is 128. The summed E-state index contributed by atoms with van der Waals surface area (Å²) in [7, 11) is 1.40. The molecule has 0 saturated heterocycles. The van der Waals surface area contributed by atoms with Crippen LogP contribution in [0.25, 0.3) is 0 Å². The number of rotatable bonds is 5. The fourth-order valence-electron chi connectivity index (χ4n) is 0.532. The van der Waals surface area contributed by atoms with Gasteiger partial charge in [-0.15, -0.1) is 0 Å². The molecule has 0 aromatic rings. The number of methoxy groups -OCH3 is 1. The highest BCUT2D eigenvalue weighted by Gasteiger charge is 2.30. The first-order chi connectivity index (χ1) is 5.10. The van der Waals surface area contributed by atoms with Crippen LogP contribution in [0.3, 0.4) is 0 Å². The van der Waals surface area contributed by atoms with Gasteiger partial charge in [-0.3, -0.25) is 4.79 Å². The first-order valence-electron chi connectivity index (χ1n) is 3.34. The molecule has 0 rings (SSSR count). The van der Waals surface area contributed by atoms with Crippen molar-refractivity contribution in [3.63, 3.8) is 0 Å². The minimum absolute atomic E-state index is 0.0718. The SMILES string of the molecule is COCC(=O)C(C)(CO)CO. The molecule has 2 N–H and O–H groups in total. The van der Waals surface area contributed by atoms with E-state index < -0.39 is 5.41 Å². The number of carbonyl (C=O) groups is 1. The lowest BCUT2D eigenvalue weighted by atomic mass is 9.88. The second kappa shape index (κ2) is 4.43. The van der Waals surface area contributed by atoms with Crippen molar-refractivity contribution < 1.29 is 19.7 Å². The third-order valence-electron chi connectivity index (χ3n) is 1.65. The second-order valence-corrected chi connectivity index (χ2v) is 2.73. The number of Topliss-reactive ketones (excluding diaryl/α,β-unsaturated/α-hetero) is 1. The summed E-state index contributed by atoms with van der Waals surface area (Å²) in [6.07, 6.45) is 0. The zero-order valence-electron chi connectivity index (χ0n) is 6.83. The van der Waals surface area contributed by atoms with Gasteiger partial charge in [-0.05, 0) is 6.92 Å². The number of hydrogen-bond donors (Lipinski definition) is 2. The average molecular weight is 162 g/mol. The highest BCUT2D eigenvalue weighted by Crippen LogP contribution is 2.15. The molecule has 0 aromatic carbocycles. The second-order valence-electron chi connectivity index (χ2n) is 2.73. The highest BCUT2D eigenvalue weighted by atomic mass is 16.5. The summed E-state index contributed by atoms with van der Waals surface area (Å²) in [5, 5.41) is 17.5. The van der Waals surface area contributed by atoms with Crippen molar-refractivity contribution in [1.82, 2.24) is 0 Å². The minimum Gasteiger partial charge on any atom is -0.395 e. The maximum atomic E-state index is 11.1. The van der Waals surface area contributed by atoms with E-state index >= 15 is 0 Å². The van der Waals surface area contributed by atoms with Gasteiger partial charge in [0.05, 0.1) is 18.6 Å². The van der Waals surface area contributed by atoms with Gasteiger partial charge in [0.15, 0.2) is 5.78 Å². The van der Waals surface area contributed by atoms with Crippen molar-refractivity contribution in [2.24, 2.45) is 5.41 Å². The molecule has 0 heterocycles. The van der Waals surface area contributed by atoms with Gasteiger partial charge in [0, 0.05) is 7.11 Å². The zero-order valence-corrected chi connectivity index (χ0v) is 6.83. The van der Waals surface area contributed by atoms with E-state index in [-0.39, 0.29) is 25.6 Å². The van der Waals surface area contributed by atoms with Gasteiger partial charge < -0.3 is 14.9 Å². The van der Waals surface area contributed by atoms with Crippen LogP contribution in [-0.2, 0) is 9.53 Å². The van der Waals surface area contributed by atoms with Crippen LogP contribution >= 0.6 is 0 Å². The molecule has 0 amide bonds. The summed E-state index contributed by atoms with van der Waals surface area (Å²) in [4.78, 5) is 11.1. The van der Waals surface area contributed by atoms with Crippen LogP contribution in [0.4, 0.5) is 0 Å². The summed E-state index contributed by atoms with van der Waals surface area (Å²) in [6.45, 7) is 0.712. The molecule has 66 valence electrons. The predicted molar refractivity (Wildman–Crippen MR) is 39.2 cm³/mol. The van der Waals surface area contributed by atoms with Crippen molar-refractivity contribution in [2.75, 3.05) is 26.9 Å². The van der Waals surface area contributed by atoms with Gasteiger partial charge in [0.2, 0.25) is 0 Å². The van der Waals surface area contributed by atoms with Crippen molar-refractivity contribution >= 4 is 5.78 Å². The van der Waals surface area contributed by atoms with Gasteiger partial charge in [-0.25, -0.2) is 0 Å². The van der Waals surface area contributed by atoms with E-state index in [9.17, 15) is 4.79 Å². The third kappa shape index (κ3) is 2.57. The average Bonchev–Trinajstić information content (AvgIpc) is 2.03. The fourth-order valence-corrected chi connectivity index (χ4v) is 0.532. The molecule has 0 aromatic heterocycles. The normalized spacial score (nSPS) is 11.6. The fraction of sp³-hybridized carbons (Fsp3) is 0.857. The number of ether oxygens (including phenoxy) is 1. The van der Waals surface area contributed by atoms with Gasteiger partial charge in [0.1, 0.15) is 6.61 Å². The lowest BCUT2D eigenvalue weighted by Gasteiger charge is -2.21. The van der Waals surface area contributed by atoms with Crippen molar-refractivity contribution in [2.45, 2.75) is 6.92 Å². The standard InChI is InChI=1S/C7H14O4/c1-7(4-8,5-9)6(10)3-11-2/h8-9H,3-5H2,1-2H3. The Kier molecular flexibility index (Phi) is 4.25. The van der Waals surface area contributed by atoms with E-state index in [4.69, 9.17) is 10.2 Å². The van der Waals surface area contributed by atoms with Crippen molar-refractivity contribution in [3.8, 4) is 0 Å². The van der Waals surface area contributed by atoms with Crippen molar-refractivity contribution in [1.29, 1.82) is 0 Å². The van der Waals surface area contributed by atoms with Crippen LogP contribution in [0.5, 0.6) is 0 Å². The van der Waals surface area contributed by atoms with Crippen molar-refractivity contribution in [3.05, 3.63) is 0 Å². The molecular weight excluding hydrogens is 148 g/mol. The molecule has 0 saturated carbocycles. The Morgan fingerprint density at radius 2 is 1.91 bits per heavy atom. The molecular formula is C7H14O4. The number of ketones is 1. The monoisotopic (exact) mass is 162 g/mol. The molecule has 0 atom stereocenters. The summed E-state index contributed by atoms with van der Waals surface area (Å²) in [6, 6.07) is 0. The molecule has 0 spiro atoms. The Morgan fingerprint density at radius 1 is 1.45 bits per heavy atom. The Hall–Kier alpha value is -0.450. The first kappa shape index (κ1) is 10.6. The Morgan fingerprint density at radius 3 is 2.18 bits per heavy atom. The van der Waals surface area contributed by atoms with Crippen LogP contribution in [-0.4, -0.2) is 42.9 Å².